The lowest BCUT2D eigenvalue weighted by atomic mass is 10.1. The zero-order valence-corrected chi connectivity index (χ0v) is 7.56. The Bertz CT molecular complexity index is 199. The summed E-state index contributed by atoms with van der Waals surface area (Å²) < 4.78 is 4.64. The first-order chi connectivity index (χ1) is 6.31. The van der Waals surface area contributed by atoms with Crippen molar-refractivity contribution in [3.05, 3.63) is 31.6 Å². The number of hydrogen-bond donors (Lipinski definition) is 0. The molecule has 0 aromatic heterocycles. The number of carbonyl (C=O) groups is 1. The number of rotatable bonds is 3. The van der Waals surface area contributed by atoms with Crippen LogP contribution in [0.5, 0.6) is 0 Å². The van der Waals surface area contributed by atoms with E-state index >= 15 is 0 Å². The summed E-state index contributed by atoms with van der Waals surface area (Å²) in [5.41, 5.74) is 0. The van der Waals surface area contributed by atoms with E-state index in [1.165, 1.54) is 13.0 Å². The van der Waals surface area contributed by atoms with E-state index in [1.54, 1.807) is 0 Å². The van der Waals surface area contributed by atoms with Gasteiger partial charge >= 0.3 is 5.97 Å². The Morgan fingerprint density at radius 3 is 2.92 bits per heavy atom. The SMILES string of the molecule is COC(=O)[C@@H]1CN1C[C]1[CH][CH][CH][CH]1. The molecule has 2 atom stereocenters. The molecule has 1 unspecified atom stereocenters. The molecule has 1 saturated carbocycles. The van der Waals surface area contributed by atoms with Crippen LogP contribution in [-0.2, 0) is 9.53 Å². The van der Waals surface area contributed by atoms with E-state index in [0.717, 1.165) is 13.1 Å². The van der Waals surface area contributed by atoms with Gasteiger partial charge in [-0.3, -0.25) is 9.69 Å². The molecule has 3 heteroatoms. The first-order valence-corrected chi connectivity index (χ1v) is 4.33. The van der Waals surface area contributed by atoms with Crippen LogP contribution in [0.3, 0.4) is 0 Å². The summed E-state index contributed by atoms with van der Waals surface area (Å²) in [5.74, 6) is 1.14. The Balaban J connectivity index is 1.71. The van der Waals surface area contributed by atoms with Crippen molar-refractivity contribution < 1.29 is 9.53 Å². The molecular formula is C10H12NO2. The third-order valence-corrected chi connectivity index (χ3v) is 2.31. The van der Waals surface area contributed by atoms with E-state index in [9.17, 15) is 4.79 Å². The minimum atomic E-state index is -0.119. The molecule has 0 bridgehead atoms. The molecule has 1 aliphatic heterocycles. The first-order valence-electron chi connectivity index (χ1n) is 4.33. The third kappa shape index (κ3) is 2.02. The lowest BCUT2D eigenvalue weighted by Gasteiger charge is -2.07. The standard InChI is InChI=1S/C10H12NO2/c1-13-10(12)9-7-11(9)6-8-4-2-3-5-8/h2-5,9H,6-7H2,1H3/t9-,11?/m0/s1. The highest BCUT2D eigenvalue weighted by atomic mass is 16.5. The van der Waals surface area contributed by atoms with E-state index < -0.39 is 0 Å². The Morgan fingerprint density at radius 2 is 2.31 bits per heavy atom. The molecule has 13 heavy (non-hydrogen) atoms. The summed E-state index contributed by atoms with van der Waals surface area (Å²) in [6.45, 7) is 1.69. The highest BCUT2D eigenvalue weighted by Crippen LogP contribution is 2.28. The third-order valence-electron chi connectivity index (χ3n) is 2.31. The van der Waals surface area contributed by atoms with Gasteiger partial charge in [0.05, 0.1) is 7.11 Å². The molecule has 0 aromatic carbocycles. The van der Waals surface area contributed by atoms with Crippen LogP contribution in [0.1, 0.15) is 0 Å². The maximum atomic E-state index is 11.0. The van der Waals surface area contributed by atoms with Gasteiger partial charge in [-0.15, -0.1) is 0 Å². The molecule has 1 saturated heterocycles. The fourth-order valence-corrected chi connectivity index (χ4v) is 1.46. The Morgan fingerprint density at radius 1 is 1.62 bits per heavy atom. The average Bonchev–Trinajstić information content (AvgIpc) is 2.69. The van der Waals surface area contributed by atoms with Crippen LogP contribution in [-0.4, -0.2) is 37.1 Å². The summed E-state index contributed by atoms with van der Waals surface area (Å²) in [5, 5.41) is 0. The highest BCUT2D eigenvalue weighted by molar-refractivity contribution is 5.79. The van der Waals surface area contributed by atoms with Crippen LogP contribution in [0.2, 0.25) is 0 Å². The van der Waals surface area contributed by atoms with Crippen molar-refractivity contribution in [2.75, 3.05) is 20.2 Å². The van der Waals surface area contributed by atoms with Crippen LogP contribution in [0.25, 0.3) is 0 Å². The van der Waals surface area contributed by atoms with E-state index in [-0.39, 0.29) is 12.0 Å². The molecule has 1 heterocycles. The molecular weight excluding hydrogens is 166 g/mol. The summed E-state index contributed by atoms with van der Waals surface area (Å²) in [6, 6.07) is -0.0000926. The second-order valence-electron chi connectivity index (χ2n) is 3.26. The van der Waals surface area contributed by atoms with Crippen LogP contribution in [0, 0.1) is 31.6 Å². The maximum Gasteiger partial charge on any atom is 0.324 e. The number of esters is 1. The largest absolute Gasteiger partial charge is 0.468 e. The second kappa shape index (κ2) is 3.66. The monoisotopic (exact) mass is 178 g/mol. The average molecular weight is 178 g/mol. The van der Waals surface area contributed by atoms with Gasteiger partial charge in [-0.1, -0.05) is 0 Å². The number of methoxy groups -OCH3 is 1. The molecule has 0 N–H and O–H groups in total. The van der Waals surface area contributed by atoms with E-state index in [2.05, 4.69) is 22.5 Å². The van der Waals surface area contributed by atoms with Crippen LogP contribution < -0.4 is 0 Å². The van der Waals surface area contributed by atoms with Gasteiger partial charge in [-0.25, -0.2) is 0 Å². The highest BCUT2D eigenvalue weighted by Gasteiger charge is 2.42. The lowest BCUT2D eigenvalue weighted by molar-refractivity contribution is -0.140. The fourth-order valence-electron chi connectivity index (χ4n) is 1.46. The number of nitrogens with zero attached hydrogens (tertiary/aromatic N) is 1. The number of ether oxygens (including phenoxy) is 1. The summed E-state index contributed by atoms with van der Waals surface area (Å²) >= 11 is 0. The molecule has 5 radical (unpaired) electrons. The minimum absolute atomic E-state index is 0.0000926. The molecule has 2 fully saturated rings. The molecule has 0 spiro atoms. The van der Waals surface area contributed by atoms with E-state index in [1.807, 2.05) is 12.8 Å². The van der Waals surface area contributed by atoms with Crippen LogP contribution in [0.4, 0.5) is 0 Å². The van der Waals surface area contributed by atoms with Crippen LogP contribution >= 0.6 is 0 Å². The number of carbonyl (C=O) groups excluding carboxylic acids is 1. The lowest BCUT2D eigenvalue weighted by Crippen LogP contribution is -2.18. The minimum Gasteiger partial charge on any atom is -0.468 e. The summed E-state index contributed by atoms with van der Waals surface area (Å²) in [4.78, 5) is 13.1. The maximum absolute atomic E-state index is 11.0. The smallest absolute Gasteiger partial charge is 0.324 e. The Labute approximate surface area is 79.0 Å². The predicted molar refractivity (Wildman–Crippen MR) is 47.8 cm³/mol. The molecule has 0 amide bonds. The second-order valence-corrected chi connectivity index (χ2v) is 3.26. The molecule has 2 rings (SSSR count). The van der Waals surface area contributed by atoms with Crippen molar-refractivity contribution in [1.82, 2.24) is 4.90 Å². The zero-order valence-electron chi connectivity index (χ0n) is 7.56. The van der Waals surface area contributed by atoms with E-state index in [0.29, 0.717) is 0 Å². The molecule has 1 aliphatic carbocycles. The molecule has 3 nitrogen and oxygen atoms in total. The normalized spacial score (nSPS) is 33.3. The topological polar surface area (TPSA) is 29.3 Å². The molecule has 2 aliphatic rings. The van der Waals surface area contributed by atoms with Crippen molar-refractivity contribution in [3.63, 3.8) is 0 Å². The van der Waals surface area contributed by atoms with Crippen molar-refractivity contribution >= 4 is 5.97 Å². The van der Waals surface area contributed by atoms with Gasteiger partial charge in [-0.05, 0) is 31.6 Å². The van der Waals surface area contributed by atoms with Crippen LogP contribution in [0.15, 0.2) is 0 Å². The van der Waals surface area contributed by atoms with E-state index in [4.69, 9.17) is 0 Å². The van der Waals surface area contributed by atoms with Gasteiger partial charge in [0.15, 0.2) is 0 Å². The summed E-state index contributed by atoms with van der Waals surface area (Å²) in [7, 11) is 1.43. The van der Waals surface area contributed by atoms with Gasteiger partial charge in [0.25, 0.3) is 0 Å². The van der Waals surface area contributed by atoms with Crippen molar-refractivity contribution in [3.8, 4) is 0 Å². The van der Waals surface area contributed by atoms with Gasteiger partial charge < -0.3 is 4.74 Å². The molecule has 69 valence electrons. The summed E-state index contributed by atoms with van der Waals surface area (Å²) in [6.07, 6.45) is 8.14. The first kappa shape index (κ1) is 9.00. The van der Waals surface area contributed by atoms with Gasteiger partial charge in [0, 0.05) is 13.1 Å². The van der Waals surface area contributed by atoms with Crippen molar-refractivity contribution in [1.29, 1.82) is 0 Å². The van der Waals surface area contributed by atoms with Gasteiger partial charge in [0.2, 0.25) is 0 Å². The predicted octanol–water partition coefficient (Wildman–Crippen LogP) is 0.249. The van der Waals surface area contributed by atoms with Gasteiger partial charge in [0.1, 0.15) is 6.04 Å². The Hall–Kier alpha value is -0.570. The number of hydrogen-bond acceptors (Lipinski definition) is 3. The fraction of sp³-hybridized carbons (Fsp3) is 0.400. The molecule has 0 aromatic rings. The zero-order chi connectivity index (χ0) is 9.26. The van der Waals surface area contributed by atoms with Gasteiger partial charge in [-0.2, -0.15) is 0 Å². The van der Waals surface area contributed by atoms with Crippen molar-refractivity contribution in [2.24, 2.45) is 0 Å². The Kier molecular flexibility index (Phi) is 2.54. The quantitative estimate of drug-likeness (QED) is 0.458. The van der Waals surface area contributed by atoms with Crippen molar-refractivity contribution in [2.45, 2.75) is 6.04 Å².